The van der Waals surface area contributed by atoms with E-state index < -0.39 is 6.04 Å². The molecule has 4 unspecified atom stereocenters. The Kier molecular flexibility index (Phi) is 3.26. The number of piperidine rings is 1. The van der Waals surface area contributed by atoms with Gasteiger partial charge in [0.2, 0.25) is 17.7 Å². The smallest absolute Gasteiger partial charge is 0.249 e. The Bertz CT molecular complexity index is 423. The first-order chi connectivity index (χ1) is 9.15. The Balaban J connectivity index is 1.59. The first-order valence-electron chi connectivity index (χ1n) is 7.02. The number of amides is 3. The van der Waals surface area contributed by atoms with Gasteiger partial charge in [0.1, 0.15) is 6.04 Å². The average molecular weight is 265 g/mol. The molecule has 1 aliphatic carbocycles. The van der Waals surface area contributed by atoms with Crippen molar-refractivity contribution in [3.05, 3.63) is 0 Å². The van der Waals surface area contributed by atoms with Crippen molar-refractivity contribution in [2.45, 2.75) is 44.2 Å². The van der Waals surface area contributed by atoms with Crippen LogP contribution in [0.3, 0.4) is 0 Å². The number of fused-ring (bicyclic) bond motifs is 1. The van der Waals surface area contributed by atoms with Gasteiger partial charge >= 0.3 is 0 Å². The Morgan fingerprint density at radius 1 is 1.21 bits per heavy atom. The highest BCUT2D eigenvalue weighted by Crippen LogP contribution is 2.37. The van der Waals surface area contributed by atoms with Crippen LogP contribution in [-0.4, -0.2) is 36.3 Å². The normalized spacial score (nSPS) is 37.9. The number of nitrogens with one attached hydrogen (secondary N) is 3. The van der Waals surface area contributed by atoms with E-state index in [0.29, 0.717) is 24.7 Å². The van der Waals surface area contributed by atoms with E-state index in [4.69, 9.17) is 0 Å². The van der Waals surface area contributed by atoms with E-state index in [1.165, 1.54) is 12.8 Å². The molecule has 104 valence electrons. The second-order valence-corrected chi connectivity index (χ2v) is 5.75. The molecule has 0 aromatic rings. The van der Waals surface area contributed by atoms with Gasteiger partial charge in [-0.25, -0.2) is 0 Å². The van der Waals surface area contributed by atoms with Gasteiger partial charge < -0.3 is 10.6 Å². The fourth-order valence-electron chi connectivity index (χ4n) is 3.57. The highest BCUT2D eigenvalue weighted by Gasteiger charge is 2.43. The van der Waals surface area contributed by atoms with Crippen molar-refractivity contribution < 1.29 is 14.4 Å². The fourth-order valence-corrected chi connectivity index (χ4v) is 3.57. The SMILES string of the molecule is O=C1CCC(NC(=O)C2NCC3CCCC32)C(=O)N1. The van der Waals surface area contributed by atoms with Crippen LogP contribution < -0.4 is 16.0 Å². The number of hydrogen-bond donors (Lipinski definition) is 3. The molecule has 2 heterocycles. The van der Waals surface area contributed by atoms with Crippen LogP contribution in [0.1, 0.15) is 32.1 Å². The second kappa shape index (κ2) is 4.92. The van der Waals surface area contributed by atoms with Crippen molar-refractivity contribution in [3.8, 4) is 0 Å². The van der Waals surface area contributed by atoms with Crippen LogP contribution in [0.5, 0.6) is 0 Å². The quantitative estimate of drug-likeness (QED) is 0.576. The topological polar surface area (TPSA) is 87.3 Å². The molecule has 2 saturated heterocycles. The monoisotopic (exact) mass is 265 g/mol. The van der Waals surface area contributed by atoms with Crippen molar-refractivity contribution in [1.29, 1.82) is 0 Å². The molecule has 3 rings (SSSR count). The highest BCUT2D eigenvalue weighted by molar-refractivity contribution is 6.02. The lowest BCUT2D eigenvalue weighted by Gasteiger charge is -2.25. The third-order valence-electron chi connectivity index (χ3n) is 4.58. The summed E-state index contributed by atoms with van der Waals surface area (Å²) in [5.41, 5.74) is 0. The molecule has 6 nitrogen and oxygen atoms in total. The zero-order valence-electron chi connectivity index (χ0n) is 10.8. The minimum Gasteiger partial charge on any atom is -0.343 e. The molecule has 0 bridgehead atoms. The maximum atomic E-state index is 12.2. The van der Waals surface area contributed by atoms with Gasteiger partial charge in [0.05, 0.1) is 6.04 Å². The number of carbonyl (C=O) groups is 3. The van der Waals surface area contributed by atoms with E-state index in [9.17, 15) is 14.4 Å². The molecule has 3 fully saturated rings. The van der Waals surface area contributed by atoms with Gasteiger partial charge in [-0.05, 0) is 37.6 Å². The summed E-state index contributed by atoms with van der Waals surface area (Å²) in [7, 11) is 0. The Morgan fingerprint density at radius 3 is 2.84 bits per heavy atom. The zero-order chi connectivity index (χ0) is 13.4. The van der Waals surface area contributed by atoms with Crippen molar-refractivity contribution in [2.24, 2.45) is 11.8 Å². The summed E-state index contributed by atoms with van der Waals surface area (Å²) in [6.07, 6.45) is 4.17. The molecule has 4 atom stereocenters. The van der Waals surface area contributed by atoms with Crippen LogP contribution in [0.2, 0.25) is 0 Å². The third-order valence-corrected chi connectivity index (χ3v) is 4.58. The lowest BCUT2D eigenvalue weighted by atomic mass is 9.93. The number of carbonyl (C=O) groups excluding carboxylic acids is 3. The maximum Gasteiger partial charge on any atom is 0.249 e. The fraction of sp³-hybridized carbons (Fsp3) is 0.769. The zero-order valence-corrected chi connectivity index (χ0v) is 10.8. The van der Waals surface area contributed by atoms with Crippen LogP contribution in [-0.2, 0) is 14.4 Å². The lowest BCUT2D eigenvalue weighted by Crippen LogP contribution is -2.56. The maximum absolute atomic E-state index is 12.2. The lowest BCUT2D eigenvalue weighted by molar-refractivity contribution is -0.137. The van der Waals surface area contributed by atoms with Crippen LogP contribution in [0.4, 0.5) is 0 Å². The van der Waals surface area contributed by atoms with Gasteiger partial charge in [0.25, 0.3) is 0 Å². The van der Waals surface area contributed by atoms with Crippen molar-refractivity contribution >= 4 is 17.7 Å². The predicted octanol–water partition coefficient (Wildman–Crippen LogP) is -0.704. The molecule has 3 aliphatic rings. The molecule has 19 heavy (non-hydrogen) atoms. The Labute approximate surface area is 111 Å². The van der Waals surface area contributed by atoms with E-state index in [0.717, 1.165) is 13.0 Å². The van der Waals surface area contributed by atoms with Crippen LogP contribution in [0.15, 0.2) is 0 Å². The number of rotatable bonds is 2. The standard InChI is InChI=1S/C13H19N3O3/c17-10-5-4-9(12(18)16-10)15-13(19)11-8-3-1-2-7(8)6-14-11/h7-9,11,14H,1-6H2,(H,15,19)(H,16,17,18). The van der Waals surface area contributed by atoms with Gasteiger partial charge in [-0.15, -0.1) is 0 Å². The van der Waals surface area contributed by atoms with Crippen molar-refractivity contribution in [1.82, 2.24) is 16.0 Å². The summed E-state index contributed by atoms with van der Waals surface area (Å²) in [5, 5.41) is 8.30. The predicted molar refractivity (Wildman–Crippen MR) is 66.9 cm³/mol. The molecule has 3 N–H and O–H groups in total. The molecule has 0 spiro atoms. The number of imide groups is 1. The third kappa shape index (κ3) is 2.36. The minimum atomic E-state index is -0.563. The first-order valence-corrected chi connectivity index (χ1v) is 7.02. The Morgan fingerprint density at radius 2 is 2.05 bits per heavy atom. The first kappa shape index (κ1) is 12.6. The van der Waals surface area contributed by atoms with E-state index in [1.807, 2.05) is 0 Å². The molecule has 1 saturated carbocycles. The van der Waals surface area contributed by atoms with Gasteiger partial charge in [0.15, 0.2) is 0 Å². The summed E-state index contributed by atoms with van der Waals surface area (Å²) in [4.78, 5) is 34.9. The molecule has 2 aliphatic heterocycles. The van der Waals surface area contributed by atoms with Crippen LogP contribution >= 0.6 is 0 Å². The van der Waals surface area contributed by atoms with Crippen LogP contribution in [0.25, 0.3) is 0 Å². The van der Waals surface area contributed by atoms with E-state index in [-0.39, 0.29) is 23.8 Å². The summed E-state index contributed by atoms with van der Waals surface area (Å²) in [6, 6.07) is -0.731. The van der Waals surface area contributed by atoms with Crippen molar-refractivity contribution in [2.75, 3.05) is 6.54 Å². The molecule has 0 aromatic heterocycles. The average Bonchev–Trinajstić information content (AvgIpc) is 2.94. The minimum absolute atomic E-state index is 0.0936. The van der Waals surface area contributed by atoms with E-state index >= 15 is 0 Å². The summed E-state index contributed by atoms with van der Waals surface area (Å²) >= 11 is 0. The molecule has 0 radical (unpaired) electrons. The van der Waals surface area contributed by atoms with E-state index in [1.54, 1.807) is 0 Å². The van der Waals surface area contributed by atoms with Gasteiger partial charge in [-0.1, -0.05) is 6.42 Å². The van der Waals surface area contributed by atoms with E-state index in [2.05, 4.69) is 16.0 Å². The summed E-state index contributed by atoms with van der Waals surface area (Å²) < 4.78 is 0. The van der Waals surface area contributed by atoms with Crippen LogP contribution in [0, 0.1) is 11.8 Å². The highest BCUT2D eigenvalue weighted by atomic mass is 16.2. The second-order valence-electron chi connectivity index (χ2n) is 5.75. The molecule has 0 aromatic carbocycles. The molecular weight excluding hydrogens is 246 g/mol. The van der Waals surface area contributed by atoms with Gasteiger partial charge in [-0.3, -0.25) is 19.7 Å². The summed E-state index contributed by atoms with van der Waals surface area (Å²) in [5.74, 6) is 0.283. The molecular formula is C13H19N3O3. The molecule has 3 amide bonds. The largest absolute Gasteiger partial charge is 0.343 e. The molecule has 6 heteroatoms. The van der Waals surface area contributed by atoms with Gasteiger partial charge in [-0.2, -0.15) is 0 Å². The van der Waals surface area contributed by atoms with Gasteiger partial charge in [0, 0.05) is 6.42 Å². The number of hydrogen-bond acceptors (Lipinski definition) is 4. The summed E-state index contributed by atoms with van der Waals surface area (Å²) in [6.45, 7) is 0.901. The Hall–Kier alpha value is -1.43. The van der Waals surface area contributed by atoms with Crippen molar-refractivity contribution in [3.63, 3.8) is 0 Å².